The molecule has 32 heavy (non-hydrogen) atoms. The van der Waals surface area contributed by atoms with Gasteiger partial charge in [-0.25, -0.2) is 0 Å². The smallest absolute Gasteiger partial charge is 0.220 e. The molecule has 0 bridgehead atoms. The van der Waals surface area contributed by atoms with E-state index in [4.69, 9.17) is 9.47 Å². The minimum absolute atomic E-state index is 0.0309. The van der Waals surface area contributed by atoms with Gasteiger partial charge in [-0.3, -0.25) is 9.69 Å². The number of carbonyl (C=O) groups is 1. The van der Waals surface area contributed by atoms with Crippen molar-refractivity contribution >= 4 is 5.91 Å². The quantitative estimate of drug-likeness (QED) is 0.656. The number of nitrogens with one attached hydrogen (secondary N) is 1. The van der Waals surface area contributed by atoms with Gasteiger partial charge in [0.05, 0.1) is 19.3 Å². The van der Waals surface area contributed by atoms with Gasteiger partial charge in [-0.05, 0) is 62.3 Å². The lowest BCUT2D eigenvalue weighted by molar-refractivity contribution is -0.124. The minimum Gasteiger partial charge on any atom is -0.504 e. The lowest BCUT2D eigenvalue weighted by Crippen LogP contribution is -2.44. The van der Waals surface area contributed by atoms with Crippen LogP contribution in [0.1, 0.15) is 52.0 Å². The van der Waals surface area contributed by atoms with Crippen LogP contribution in [0, 0.1) is 17.3 Å². The van der Waals surface area contributed by atoms with Gasteiger partial charge in [-0.1, -0.05) is 19.9 Å². The molecule has 1 unspecified atom stereocenters. The standard InChI is InChI=1S/C25H40N2O5/c1-4-32-22-12-18(7-8-21(22)28)15-27-10-9-19-13-24(30)26-14-23(29)25(2,3)17-31-11-5-6-20(19)16-27/h7-8,12,19-20,23,28-29H,4-6,9-11,13-17H2,1-3H3,(H,26,30)/t19-,20-,23?/m0/s1. The summed E-state index contributed by atoms with van der Waals surface area (Å²) in [5.74, 6) is 1.50. The van der Waals surface area contributed by atoms with Crippen LogP contribution >= 0.6 is 0 Å². The van der Waals surface area contributed by atoms with Crippen molar-refractivity contribution in [2.45, 2.75) is 59.1 Å². The molecule has 3 atom stereocenters. The number of benzene rings is 1. The molecule has 2 aliphatic rings. The van der Waals surface area contributed by atoms with Crippen molar-refractivity contribution in [3.63, 3.8) is 0 Å². The number of phenolic OH excluding ortho intramolecular Hbond substituents is 1. The highest BCUT2D eigenvalue weighted by Crippen LogP contribution is 2.33. The average Bonchev–Trinajstić information content (AvgIpc) is 2.76. The average molecular weight is 449 g/mol. The highest BCUT2D eigenvalue weighted by Gasteiger charge is 2.33. The van der Waals surface area contributed by atoms with Gasteiger partial charge in [0.2, 0.25) is 5.91 Å². The molecule has 7 nitrogen and oxygen atoms in total. The van der Waals surface area contributed by atoms with E-state index in [1.54, 1.807) is 6.07 Å². The number of hydrogen-bond acceptors (Lipinski definition) is 6. The molecule has 180 valence electrons. The molecule has 0 radical (unpaired) electrons. The summed E-state index contributed by atoms with van der Waals surface area (Å²) >= 11 is 0. The first-order chi connectivity index (χ1) is 15.3. The van der Waals surface area contributed by atoms with Crippen molar-refractivity contribution in [2.24, 2.45) is 17.3 Å². The molecule has 2 aliphatic heterocycles. The lowest BCUT2D eigenvalue weighted by Gasteiger charge is -2.38. The molecule has 1 aromatic rings. The normalized spacial score (nSPS) is 27.9. The summed E-state index contributed by atoms with van der Waals surface area (Å²) in [6.07, 6.45) is 2.84. The third kappa shape index (κ3) is 6.83. The van der Waals surface area contributed by atoms with Crippen LogP contribution in [0.3, 0.4) is 0 Å². The van der Waals surface area contributed by atoms with Gasteiger partial charge in [-0.15, -0.1) is 0 Å². The van der Waals surface area contributed by atoms with Crippen molar-refractivity contribution in [1.29, 1.82) is 0 Å². The van der Waals surface area contributed by atoms with Gasteiger partial charge in [0, 0.05) is 38.1 Å². The van der Waals surface area contributed by atoms with Gasteiger partial charge in [0.15, 0.2) is 11.5 Å². The molecule has 7 heteroatoms. The van der Waals surface area contributed by atoms with Crippen molar-refractivity contribution in [3.8, 4) is 11.5 Å². The molecule has 1 aromatic carbocycles. The number of phenols is 1. The van der Waals surface area contributed by atoms with E-state index < -0.39 is 11.5 Å². The van der Waals surface area contributed by atoms with Gasteiger partial charge >= 0.3 is 0 Å². The summed E-state index contributed by atoms with van der Waals surface area (Å²) in [6, 6.07) is 5.57. The number of aliphatic hydroxyl groups excluding tert-OH is 1. The van der Waals surface area contributed by atoms with Crippen LogP contribution in [-0.2, 0) is 16.1 Å². The first-order valence-electron chi connectivity index (χ1n) is 12.0. The highest BCUT2D eigenvalue weighted by molar-refractivity contribution is 5.76. The Bertz CT molecular complexity index is 754. The molecule has 0 aliphatic carbocycles. The molecule has 2 heterocycles. The van der Waals surface area contributed by atoms with E-state index in [9.17, 15) is 15.0 Å². The van der Waals surface area contributed by atoms with Crippen LogP contribution in [0.25, 0.3) is 0 Å². The summed E-state index contributed by atoms with van der Waals surface area (Å²) in [5.41, 5.74) is 0.724. The van der Waals surface area contributed by atoms with E-state index in [1.807, 2.05) is 32.9 Å². The van der Waals surface area contributed by atoms with Crippen LogP contribution in [-0.4, -0.2) is 66.6 Å². The first-order valence-corrected chi connectivity index (χ1v) is 12.0. The molecule has 2 saturated heterocycles. The van der Waals surface area contributed by atoms with Gasteiger partial charge < -0.3 is 25.0 Å². The second kappa shape index (κ2) is 11.3. The second-order valence-electron chi connectivity index (χ2n) is 9.99. The number of nitrogens with zero attached hydrogens (tertiary/aromatic N) is 1. The van der Waals surface area contributed by atoms with Crippen LogP contribution in [0.2, 0.25) is 0 Å². The molecule has 0 saturated carbocycles. The SMILES string of the molecule is CCOc1cc(CN2CC[C@H]3CC(=O)NCC(O)C(C)(C)COCCC[C@H]3C2)ccc1O. The lowest BCUT2D eigenvalue weighted by atomic mass is 9.80. The van der Waals surface area contributed by atoms with E-state index in [0.717, 1.165) is 44.5 Å². The maximum absolute atomic E-state index is 12.6. The molecule has 2 fully saturated rings. The van der Waals surface area contributed by atoms with Crippen LogP contribution in [0.5, 0.6) is 11.5 Å². The maximum Gasteiger partial charge on any atom is 0.220 e. The van der Waals surface area contributed by atoms with E-state index in [0.29, 0.717) is 43.8 Å². The van der Waals surface area contributed by atoms with Crippen molar-refractivity contribution in [1.82, 2.24) is 10.2 Å². The number of aromatic hydroxyl groups is 1. The van der Waals surface area contributed by atoms with Gasteiger partial charge in [-0.2, -0.15) is 0 Å². The number of fused-ring (bicyclic) bond motifs is 1. The maximum atomic E-state index is 12.6. The number of piperidine rings is 1. The molecule has 0 spiro atoms. The van der Waals surface area contributed by atoms with Crippen LogP contribution in [0.4, 0.5) is 0 Å². The fraction of sp³-hybridized carbons (Fsp3) is 0.720. The number of likely N-dealkylation sites (tertiary alicyclic amines) is 1. The highest BCUT2D eigenvalue weighted by atomic mass is 16.5. The summed E-state index contributed by atoms with van der Waals surface area (Å²) < 4.78 is 11.4. The Morgan fingerprint density at radius 3 is 2.88 bits per heavy atom. The number of carbonyl (C=O) groups excluding carboxylic acids is 1. The van der Waals surface area contributed by atoms with Gasteiger partial charge in [0.1, 0.15) is 0 Å². The van der Waals surface area contributed by atoms with Crippen molar-refractivity contribution in [3.05, 3.63) is 23.8 Å². The van der Waals surface area contributed by atoms with Gasteiger partial charge in [0.25, 0.3) is 0 Å². The molecular weight excluding hydrogens is 408 g/mol. The van der Waals surface area contributed by atoms with Crippen LogP contribution in [0.15, 0.2) is 18.2 Å². The predicted molar refractivity (Wildman–Crippen MR) is 124 cm³/mol. The number of amides is 1. The Morgan fingerprint density at radius 1 is 1.28 bits per heavy atom. The predicted octanol–water partition coefficient (Wildman–Crippen LogP) is 2.93. The summed E-state index contributed by atoms with van der Waals surface area (Å²) in [5, 5.41) is 23.4. The zero-order chi connectivity index (χ0) is 23.1. The Labute approximate surface area is 192 Å². The number of ether oxygens (including phenoxy) is 2. The summed E-state index contributed by atoms with van der Waals surface area (Å²) in [7, 11) is 0. The topological polar surface area (TPSA) is 91.3 Å². The van der Waals surface area contributed by atoms with E-state index in [-0.39, 0.29) is 18.2 Å². The third-order valence-electron chi connectivity index (χ3n) is 6.89. The third-order valence-corrected chi connectivity index (χ3v) is 6.89. The molecule has 3 rings (SSSR count). The molecular formula is C25H40N2O5. The fourth-order valence-corrected chi connectivity index (χ4v) is 4.76. The number of β-amino-alcohol motifs (C(OH)–C–C–N with tert-alkyl or cyclic N) is 1. The molecule has 1 amide bonds. The van der Waals surface area contributed by atoms with E-state index in [1.165, 1.54) is 0 Å². The summed E-state index contributed by atoms with van der Waals surface area (Å²) in [4.78, 5) is 15.0. The zero-order valence-electron chi connectivity index (χ0n) is 19.8. The Kier molecular flexibility index (Phi) is 8.79. The number of aliphatic hydroxyl groups is 1. The largest absolute Gasteiger partial charge is 0.504 e. The zero-order valence-corrected chi connectivity index (χ0v) is 19.8. The Morgan fingerprint density at radius 2 is 2.09 bits per heavy atom. The first kappa shape index (κ1) is 24.8. The molecule has 3 N–H and O–H groups in total. The Hall–Kier alpha value is -1.83. The van der Waals surface area contributed by atoms with E-state index >= 15 is 0 Å². The monoisotopic (exact) mass is 448 g/mol. The van der Waals surface area contributed by atoms with Crippen LogP contribution < -0.4 is 10.1 Å². The number of hydrogen-bond donors (Lipinski definition) is 3. The number of rotatable bonds is 4. The molecule has 0 aromatic heterocycles. The fourth-order valence-electron chi connectivity index (χ4n) is 4.76. The minimum atomic E-state index is -0.628. The van der Waals surface area contributed by atoms with Crippen molar-refractivity contribution in [2.75, 3.05) is 39.5 Å². The van der Waals surface area contributed by atoms with E-state index in [2.05, 4.69) is 10.2 Å². The second-order valence-corrected chi connectivity index (χ2v) is 9.99. The summed E-state index contributed by atoms with van der Waals surface area (Å²) in [6.45, 7) is 10.5. The van der Waals surface area contributed by atoms with Crippen molar-refractivity contribution < 1.29 is 24.5 Å². The Balaban J connectivity index is 1.63.